The summed E-state index contributed by atoms with van der Waals surface area (Å²) in [5.74, 6) is -0.212. The summed E-state index contributed by atoms with van der Waals surface area (Å²) >= 11 is 3.39. The number of anilines is 1. The van der Waals surface area contributed by atoms with Gasteiger partial charge < -0.3 is 10.2 Å². The van der Waals surface area contributed by atoms with Crippen LogP contribution < -0.4 is 5.32 Å². The topological polar surface area (TPSA) is 91.6 Å². The molecular weight excluding hydrogens is 426 g/mol. The molecule has 8 nitrogen and oxygen atoms in total. The Hall–Kier alpha value is -2.36. The number of nitrogens with one attached hydrogen (secondary N) is 1. The normalized spacial score (nSPS) is 15.3. The monoisotopic (exact) mass is 447 g/mol. The number of piperazine rings is 1. The second kappa shape index (κ2) is 9.72. The summed E-state index contributed by atoms with van der Waals surface area (Å²) in [6.07, 6.45) is 2.11. The average Bonchev–Trinajstić information content (AvgIpc) is 2.69. The van der Waals surface area contributed by atoms with Crippen molar-refractivity contribution in [2.24, 2.45) is 0 Å². The predicted molar refractivity (Wildman–Crippen MR) is 110 cm³/mol. The summed E-state index contributed by atoms with van der Waals surface area (Å²) < 4.78 is 0.972. The van der Waals surface area contributed by atoms with E-state index in [2.05, 4.69) is 36.0 Å². The number of hydrogen-bond donors (Lipinski definition) is 1. The van der Waals surface area contributed by atoms with Gasteiger partial charge in [-0.15, -0.1) is 0 Å². The smallest absolute Gasteiger partial charge is 0.292 e. The molecule has 1 aliphatic rings. The maximum atomic E-state index is 12.2. The van der Waals surface area contributed by atoms with Crippen molar-refractivity contribution in [2.75, 3.05) is 38.0 Å². The number of nitro groups is 1. The number of nitro benzene ring substituents is 1. The van der Waals surface area contributed by atoms with E-state index in [9.17, 15) is 14.9 Å². The Morgan fingerprint density at radius 3 is 2.54 bits per heavy atom. The highest BCUT2D eigenvalue weighted by Gasteiger charge is 2.19. The molecule has 0 bridgehead atoms. The molecule has 2 heterocycles. The van der Waals surface area contributed by atoms with Gasteiger partial charge in [0.15, 0.2) is 0 Å². The van der Waals surface area contributed by atoms with Gasteiger partial charge in [-0.1, -0.05) is 12.1 Å². The van der Waals surface area contributed by atoms with Gasteiger partial charge in [0, 0.05) is 62.4 Å². The summed E-state index contributed by atoms with van der Waals surface area (Å²) in [4.78, 5) is 31.7. The van der Waals surface area contributed by atoms with Crippen molar-refractivity contribution in [1.82, 2.24) is 14.8 Å². The molecule has 0 unspecified atom stereocenters. The molecule has 0 atom stereocenters. The lowest BCUT2D eigenvalue weighted by Gasteiger charge is -2.34. The van der Waals surface area contributed by atoms with Crippen LogP contribution in [0.2, 0.25) is 0 Å². The number of amides is 1. The van der Waals surface area contributed by atoms with Gasteiger partial charge in [-0.2, -0.15) is 0 Å². The van der Waals surface area contributed by atoms with Gasteiger partial charge in [0.25, 0.3) is 5.69 Å². The predicted octanol–water partition coefficient (Wildman–Crippen LogP) is 2.90. The summed E-state index contributed by atoms with van der Waals surface area (Å²) in [5.41, 5.74) is 1.19. The van der Waals surface area contributed by atoms with Gasteiger partial charge in [-0.3, -0.25) is 24.8 Å². The fraction of sp³-hybridized carbons (Fsp3) is 0.368. The summed E-state index contributed by atoms with van der Waals surface area (Å²) in [6.45, 7) is 5.06. The Bertz CT molecular complexity index is 823. The van der Waals surface area contributed by atoms with Crippen LogP contribution in [0, 0.1) is 10.1 Å². The maximum Gasteiger partial charge on any atom is 0.292 e. The zero-order valence-corrected chi connectivity index (χ0v) is 17.0. The highest BCUT2D eigenvalue weighted by Crippen LogP contribution is 2.23. The number of para-hydroxylation sites is 2. The van der Waals surface area contributed by atoms with E-state index in [4.69, 9.17) is 0 Å². The quantitative estimate of drug-likeness (QED) is 0.518. The van der Waals surface area contributed by atoms with E-state index in [1.54, 1.807) is 24.4 Å². The van der Waals surface area contributed by atoms with Crippen molar-refractivity contribution >= 4 is 33.2 Å². The van der Waals surface area contributed by atoms with Gasteiger partial charge in [0.1, 0.15) is 5.69 Å². The standard InChI is InChI=1S/C19H22BrN5O3/c20-15-5-6-16(21-13-15)14-24-11-9-23(10-12-24)8-7-19(26)22-17-3-1-2-4-18(17)25(27)28/h1-6,13H,7-12,14H2,(H,22,26). The Kier molecular flexibility index (Phi) is 7.07. The molecule has 3 rings (SSSR count). The molecule has 0 spiro atoms. The van der Waals surface area contributed by atoms with Crippen LogP contribution in [-0.4, -0.2) is 58.3 Å². The lowest BCUT2D eigenvalue weighted by molar-refractivity contribution is -0.383. The molecule has 1 N–H and O–H groups in total. The molecule has 1 aromatic heterocycles. The van der Waals surface area contributed by atoms with Crippen LogP contribution in [0.3, 0.4) is 0 Å². The number of halogens is 1. The fourth-order valence-corrected chi connectivity index (χ4v) is 3.35. The van der Waals surface area contributed by atoms with Gasteiger partial charge in [-0.25, -0.2) is 0 Å². The first-order valence-electron chi connectivity index (χ1n) is 9.09. The Labute approximate surface area is 171 Å². The molecular formula is C19H22BrN5O3. The number of pyridine rings is 1. The van der Waals surface area contributed by atoms with E-state index >= 15 is 0 Å². The van der Waals surface area contributed by atoms with Crippen LogP contribution >= 0.6 is 15.9 Å². The van der Waals surface area contributed by atoms with Crippen LogP contribution in [0.4, 0.5) is 11.4 Å². The third kappa shape index (κ3) is 5.82. The highest BCUT2D eigenvalue weighted by molar-refractivity contribution is 9.10. The number of aromatic nitrogens is 1. The largest absolute Gasteiger partial charge is 0.320 e. The molecule has 1 fully saturated rings. The molecule has 0 radical (unpaired) electrons. The van der Waals surface area contributed by atoms with E-state index in [1.165, 1.54) is 6.07 Å². The van der Waals surface area contributed by atoms with Gasteiger partial charge in [-0.05, 0) is 34.1 Å². The minimum Gasteiger partial charge on any atom is -0.320 e. The number of carbonyl (C=O) groups is 1. The van der Waals surface area contributed by atoms with E-state index in [0.29, 0.717) is 13.0 Å². The summed E-state index contributed by atoms with van der Waals surface area (Å²) in [5, 5.41) is 13.7. The third-order valence-corrected chi connectivity index (χ3v) is 5.14. The Morgan fingerprint density at radius 2 is 1.86 bits per heavy atom. The van der Waals surface area contributed by atoms with E-state index in [0.717, 1.165) is 42.9 Å². The van der Waals surface area contributed by atoms with Gasteiger partial charge in [0.2, 0.25) is 5.91 Å². The van der Waals surface area contributed by atoms with Crippen LogP contribution in [0.5, 0.6) is 0 Å². The van der Waals surface area contributed by atoms with E-state index in [-0.39, 0.29) is 17.3 Å². The second-order valence-electron chi connectivity index (χ2n) is 6.66. The van der Waals surface area contributed by atoms with Crippen molar-refractivity contribution in [1.29, 1.82) is 0 Å². The SMILES string of the molecule is O=C(CCN1CCN(Cc2ccc(Br)cn2)CC1)Nc1ccccc1[N+](=O)[O-]. The lowest BCUT2D eigenvalue weighted by atomic mass is 10.2. The van der Waals surface area contributed by atoms with Crippen LogP contribution in [-0.2, 0) is 11.3 Å². The molecule has 1 aliphatic heterocycles. The van der Waals surface area contributed by atoms with Crippen molar-refractivity contribution in [3.63, 3.8) is 0 Å². The first-order chi connectivity index (χ1) is 13.5. The zero-order valence-electron chi connectivity index (χ0n) is 15.4. The first kappa shape index (κ1) is 20.4. The molecule has 0 aliphatic carbocycles. The number of rotatable bonds is 7. The molecule has 1 amide bonds. The minimum absolute atomic E-state index is 0.0917. The average molecular weight is 448 g/mol. The zero-order chi connectivity index (χ0) is 19.9. The molecule has 1 aromatic carbocycles. The number of carbonyl (C=O) groups excluding carboxylic acids is 1. The molecule has 2 aromatic rings. The van der Waals surface area contributed by atoms with Crippen LogP contribution in [0.25, 0.3) is 0 Å². The summed E-state index contributed by atoms with van der Waals surface area (Å²) in [7, 11) is 0. The first-order valence-corrected chi connectivity index (χ1v) is 9.89. The van der Waals surface area contributed by atoms with Crippen molar-refractivity contribution in [2.45, 2.75) is 13.0 Å². The molecule has 9 heteroatoms. The van der Waals surface area contributed by atoms with Gasteiger partial charge in [0.05, 0.1) is 10.6 Å². The van der Waals surface area contributed by atoms with Crippen LogP contribution in [0.15, 0.2) is 47.1 Å². The minimum atomic E-state index is -0.491. The Morgan fingerprint density at radius 1 is 1.14 bits per heavy atom. The van der Waals surface area contributed by atoms with Crippen molar-refractivity contribution < 1.29 is 9.72 Å². The number of benzene rings is 1. The molecule has 1 saturated heterocycles. The summed E-state index contributed by atoms with van der Waals surface area (Å²) in [6, 6.07) is 10.2. The second-order valence-corrected chi connectivity index (χ2v) is 7.57. The number of hydrogen-bond acceptors (Lipinski definition) is 6. The lowest BCUT2D eigenvalue weighted by Crippen LogP contribution is -2.46. The van der Waals surface area contributed by atoms with Gasteiger partial charge >= 0.3 is 0 Å². The van der Waals surface area contributed by atoms with E-state index in [1.807, 2.05) is 12.1 Å². The highest BCUT2D eigenvalue weighted by atomic mass is 79.9. The number of nitrogens with zero attached hydrogens (tertiary/aromatic N) is 4. The van der Waals surface area contributed by atoms with Crippen molar-refractivity contribution in [3.05, 3.63) is 62.9 Å². The van der Waals surface area contributed by atoms with Crippen molar-refractivity contribution in [3.8, 4) is 0 Å². The fourth-order valence-electron chi connectivity index (χ4n) is 3.11. The molecule has 28 heavy (non-hydrogen) atoms. The van der Waals surface area contributed by atoms with Crippen LogP contribution in [0.1, 0.15) is 12.1 Å². The Balaban J connectivity index is 1.41. The molecule has 0 saturated carbocycles. The van der Waals surface area contributed by atoms with E-state index < -0.39 is 4.92 Å². The molecule has 148 valence electrons. The maximum absolute atomic E-state index is 12.2. The third-order valence-electron chi connectivity index (χ3n) is 4.67.